The van der Waals surface area contributed by atoms with Gasteiger partial charge in [-0.15, -0.1) is 5.10 Å². The molecule has 0 saturated carbocycles. The number of methoxy groups -OCH3 is 3. The van der Waals surface area contributed by atoms with Crippen LogP contribution in [0.1, 0.15) is 17.4 Å². The molecule has 2 aromatic heterocycles. The second-order valence-electron chi connectivity index (χ2n) is 8.86. The second kappa shape index (κ2) is 11.0. The number of nitrogens with one attached hydrogen (secondary N) is 1. The number of hydrogen-bond acceptors (Lipinski definition) is 9. The summed E-state index contributed by atoms with van der Waals surface area (Å²) < 4.78 is 17.9. The van der Waals surface area contributed by atoms with Gasteiger partial charge < -0.3 is 24.1 Å². The van der Waals surface area contributed by atoms with Crippen LogP contribution >= 0.6 is 0 Å². The fraction of sp³-hybridized carbons (Fsp3) is 0.385. The average Bonchev–Trinajstić information content (AvgIpc) is 3.40. The van der Waals surface area contributed by atoms with Crippen molar-refractivity contribution < 1.29 is 14.2 Å². The maximum Gasteiger partial charge on any atom is 0.253 e. The number of aromatic amines is 1. The van der Waals surface area contributed by atoms with Crippen LogP contribution in [-0.2, 0) is 11.3 Å². The monoisotopic (exact) mass is 505 g/mol. The summed E-state index contributed by atoms with van der Waals surface area (Å²) >= 11 is 0. The third-order valence-corrected chi connectivity index (χ3v) is 6.78. The Kier molecular flexibility index (Phi) is 7.33. The number of ether oxygens (including phenoxy) is 3. The van der Waals surface area contributed by atoms with E-state index in [1.165, 1.54) is 5.69 Å². The SMILES string of the molecule is COCCn1nnnc1[C@@H](c1cc2cc(OC)c(OC)cc2[nH]c1=O)N1CCN(c2ccccc2)CC1. The molecular formula is C26H31N7O4. The number of nitrogens with zero attached hydrogens (tertiary/aromatic N) is 6. The lowest BCUT2D eigenvalue weighted by atomic mass is 10.0. The molecule has 0 unspecified atom stereocenters. The van der Waals surface area contributed by atoms with E-state index < -0.39 is 6.04 Å². The van der Waals surface area contributed by atoms with E-state index in [0.717, 1.165) is 31.6 Å². The van der Waals surface area contributed by atoms with E-state index in [-0.39, 0.29) is 5.56 Å². The standard InChI is InChI=1S/C26H31N7O4/c1-35-14-13-33-25(28-29-30-33)24(32-11-9-31(10-12-32)19-7-5-4-6-8-19)20-15-18-16-22(36-2)23(37-3)17-21(18)27-26(20)34/h4-8,15-17,24H,9-14H2,1-3H3,(H,27,34)/t24-/m1/s1. The Morgan fingerprint density at radius 1 is 0.973 bits per heavy atom. The first-order valence-corrected chi connectivity index (χ1v) is 12.2. The summed E-state index contributed by atoms with van der Waals surface area (Å²) in [6, 6.07) is 15.5. The predicted octanol–water partition coefficient (Wildman–Crippen LogP) is 2.09. The summed E-state index contributed by atoms with van der Waals surface area (Å²) in [6.45, 7) is 4.04. The van der Waals surface area contributed by atoms with Crippen molar-refractivity contribution in [2.45, 2.75) is 12.6 Å². The lowest BCUT2D eigenvalue weighted by molar-refractivity contribution is 0.171. The molecule has 1 aliphatic rings. The van der Waals surface area contributed by atoms with Gasteiger partial charge in [0.25, 0.3) is 5.56 Å². The molecule has 2 aromatic carbocycles. The van der Waals surface area contributed by atoms with Crippen molar-refractivity contribution in [1.29, 1.82) is 0 Å². The molecule has 1 atom stereocenters. The number of pyridine rings is 1. The third kappa shape index (κ3) is 5.00. The predicted molar refractivity (Wildman–Crippen MR) is 139 cm³/mol. The topological polar surface area (TPSA) is 111 Å². The smallest absolute Gasteiger partial charge is 0.253 e. The summed E-state index contributed by atoms with van der Waals surface area (Å²) in [6.07, 6.45) is 0. The Labute approximate surface area is 214 Å². The molecule has 11 heteroatoms. The van der Waals surface area contributed by atoms with Crippen molar-refractivity contribution in [1.82, 2.24) is 30.1 Å². The normalized spacial score (nSPS) is 15.2. The number of aromatic nitrogens is 5. The molecule has 1 saturated heterocycles. The van der Waals surface area contributed by atoms with Gasteiger partial charge in [0.1, 0.15) is 6.04 Å². The van der Waals surface area contributed by atoms with Crippen molar-refractivity contribution in [3.63, 3.8) is 0 Å². The minimum atomic E-state index is -0.439. The van der Waals surface area contributed by atoms with Crippen LogP contribution in [0.4, 0.5) is 5.69 Å². The molecule has 4 aromatic rings. The molecule has 1 N–H and O–H groups in total. The molecule has 0 spiro atoms. The van der Waals surface area contributed by atoms with Crippen molar-refractivity contribution in [2.75, 3.05) is 59.0 Å². The molecule has 1 fully saturated rings. The van der Waals surface area contributed by atoms with E-state index in [1.807, 2.05) is 30.3 Å². The van der Waals surface area contributed by atoms with E-state index in [9.17, 15) is 4.79 Å². The van der Waals surface area contributed by atoms with Crippen LogP contribution in [-0.4, -0.2) is 84.2 Å². The van der Waals surface area contributed by atoms with Gasteiger partial charge in [0.15, 0.2) is 17.3 Å². The lowest BCUT2D eigenvalue weighted by Gasteiger charge is -2.39. The first-order chi connectivity index (χ1) is 18.1. The summed E-state index contributed by atoms with van der Waals surface area (Å²) in [4.78, 5) is 21.2. The van der Waals surface area contributed by atoms with Crippen LogP contribution < -0.4 is 19.9 Å². The fourth-order valence-corrected chi connectivity index (χ4v) is 4.87. The van der Waals surface area contributed by atoms with Crippen molar-refractivity contribution in [2.24, 2.45) is 0 Å². The van der Waals surface area contributed by atoms with Crippen LogP contribution in [0, 0.1) is 0 Å². The van der Waals surface area contributed by atoms with Crippen LogP contribution in [0.2, 0.25) is 0 Å². The molecule has 5 rings (SSSR count). The number of para-hydroxylation sites is 1. The maximum atomic E-state index is 13.5. The number of H-pyrrole nitrogens is 1. The zero-order valence-corrected chi connectivity index (χ0v) is 21.3. The molecule has 0 amide bonds. The Hall–Kier alpha value is -3.96. The Bertz CT molecular complexity index is 1400. The highest BCUT2D eigenvalue weighted by atomic mass is 16.5. The van der Waals surface area contributed by atoms with Crippen LogP contribution in [0.3, 0.4) is 0 Å². The zero-order valence-electron chi connectivity index (χ0n) is 21.3. The first-order valence-electron chi connectivity index (χ1n) is 12.2. The first kappa shape index (κ1) is 24.7. The van der Waals surface area contributed by atoms with Crippen LogP contribution in [0.15, 0.2) is 53.3 Å². The van der Waals surface area contributed by atoms with E-state index in [4.69, 9.17) is 14.2 Å². The third-order valence-electron chi connectivity index (χ3n) is 6.78. The fourth-order valence-electron chi connectivity index (χ4n) is 4.87. The maximum absolute atomic E-state index is 13.5. The molecule has 1 aliphatic heterocycles. The number of benzene rings is 2. The number of rotatable bonds is 9. The highest BCUT2D eigenvalue weighted by molar-refractivity contribution is 5.83. The van der Waals surface area contributed by atoms with Crippen molar-refractivity contribution in [3.8, 4) is 11.5 Å². The Morgan fingerprint density at radius 3 is 2.41 bits per heavy atom. The molecule has 37 heavy (non-hydrogen) atoms. The van der Waals surface area contributed by atoms with Crippen molar-refractivity contribution >= 4 is 16.6 Å². The van der Waals surface area contributed by atoms with Crippen LogP contribution in [0.25, 0.3) is 10.9 Å². The van der Waals surface area contributed by atoms with Gasteiger partial charge in [0.05, 0.1) is 32.9 Å². The average molecular weight is 506 g/mol. The lowest BCUT2D eigenvalue weighted by Crippen LogP contribution is -2.49. The summed E-state index contributed by atoms with van der Waals surface area (Å²) in [7, 11) is 4.80. The summed E-state index contributed by atoms with van der Waals surface area (Å²) in [5.74, 6) is 1.75. The van der Waals surface area contributed by atoms with Gasteiger partial charge >= 0.3 is 0 Å². The second-order valence-corrected chi connectivity index (χ2v) is 8.86. The number of anilines is 1. The van der Waals surface area contributed by atoms with Gasteiger partial charge in [0.2, 0.25) is 0 Å². The van der Waals surface area contributed by atoms with Gasteiger partial charge in [-0.3, -0.25) is 9.69 Å². The number of tetrazole rings is 1. The minimum Gasteiger partial charge on any atom is -0.493 e. The molecule has 194 valence electrons. The number of piperazine rings is 1. The van der Waals surface area contributed by atoms with E-state index in [1.54, 1.807) is 32.1 Å². The van der Waals surface area contributed by atoms with Crippen LogP contribution in [0.5, 0.6) is 11.5 Å². The van der Waals surface area contributed by atoms with Gasteiger partial charge in [-0.2, -0.15) is 0 Å². The molecule has 0 radical (unpaired) electrons. The van der Waals surface area contributed by atoms with Gasteiger partial charge in [-0.05, 0) is 34.7 Å². The minimum absolute atomic E-state index is 0.198. The number of hydrogen-bond donors (Lipinski definition) is 1. The highest BCUT2D eigenvalue weighted by Gasteiger charge is 2.33. The Morgan fingerprint density at radius 2 is 1.70 bits per heavy atom. The van der Waals surface area contributed by atoms with Gasteiger partial charge in [0, 0.05) is 56.0 Å². The molecular weight excluding hydrogens is 474 g/mol. The number of fused-ring (bicyclic) bond motifs is 1. The molecule has 0 aliphatic carbocycles. The quantitative estimate of drug-likeness (QED) is 0.366. The highest BCUT2D eigenvalue weighted by Crippen LogP contribution is 2.33. The molecule has 0 bridgehead atoms. The zero-order chi connectivity index (χ0) is 25.8. The van der Waals surface area contributed by atoms with Gasteiger partial charge in [-0.25, -0.2) is 4.68 Å². The van der Waals surface area contributed by atoms with Crippen molar-refractivity contribution in [3.05, 3.63) is 70.3 Å². The van der Waals surface area contributed by atoms with E-state index in [2.05, 4.69) is 42.4 Å². The van der Waals surface area contributed by atoms with Gasteiger partial charge in [-0.1, -0.05) is 18.2 Å². The molecule has 3 heterocycles. The molecule has 11 nitrogen and oxygen atoms in total. The van der Waals surface area contributed by atoms with E-state index >= 15 is 0 Å². The largest absolute Gasteiger partial charge is 0.493 e. The summed E-state index contributed by atoms with van der Waals surface area (Å²) in [5, 5.41) is 13.3. The summed E-state index contributed by atoms with van der Waals surface area (Å²) in [5.41, 5.74) is 2.23. The Balaban J connectivity index is 1.55. The van der Waals surface area contributed by atoms with E-state index in [0.29, 0.717) is 41.6 Å².